The highest BCUT2D eigenvalue weighted by Crippen LogP contribution is 2.26. The van der Waals surface area contributed by atoms with Crippen LogP contribution in [0.15, 0.2) is 97.2 Å². The van der Waals surface area contributed by atoms with Gasteiger partial charge in [-0.2, -0.15) is 0 Å². The number of allylic oxidation sites excluding steroid dienone is 16. The molecule has 0 radical (unpaired) electrons. The lowest BCUT2D eigenvalue weighted by molar-refractivity contribution is -0.301. The summed E-state index contributed by atoms with van der Waals surface area (Å²) < 4.78 is 28.2. The molecule has 402 valence electrons. The van der Waals surface area contributed by atoms with E-state index in [9.17, 15) is 34.5 Å². The fourth-order valence-corrected chi connectivity index (χ4v) is 7.53. The van der Waals surface area contributed by atoms with Crippen LogP contribution in [0.1, 0.15) is 201 Å². The molecule has 12 heteroatoms. The number of esters is 3. The van der Waals surface area contributed by atoms with Crippen molar-refractivity contribution < 1.29 is 58.2 Å². The van der Waals surface area contributed by atoms with Gasteiger partial charge in [0.25, 0.3) is 0 Å². The average molecular weight is 995 g/mol. The van der Waals surface area contributed by atoms with Crippen LogP contribution >= 0.6 is 0 Å². The van der Waals surface area contributed by atoms with Crippen LogP contribution in [0.5, 0.6) is 0 Å². The highest BCUT2D eigenvalue weighted by molar-refractivity contribution is 5.74. The maximum Gasteiger partial charge on any atom is 0.335 e. The standard InChI is InChI=1S/C59H94O12/c1-4-7-10-13-16-19-21-23-25-26-28-29-31-34-36-39-42-45-51(60)67-48-50(69-52(61)46-43-40-38-35-32-30-27-24-22-20-17-14-11-8-5-2)49-68-59-57(55(64)54(63)56(71-59)58(65)66)70-53(62)47-44-41-37-33-18-15-12-9-6-3/h7-8,10-11,16-17,19-20,23-25,27-29,34,36,50,54-57,59,63-64H,4-6,9,12-15,18,21-22,26,30-33,35,37-49H2,1-3H3,(H,65,66)/b10-7-,11-8-,19-16-,20-17-,25-23-,27-24-,29-28-,36-34-. The third-order valence-electron chi connectivity index (χ3n) is 11.7. The first-order chi connectivity index (χ1) is 34.6. The van der Waals surface area contributed by atoms with Crippen LogP contribution in [0.4, 0.5) is 0 Å². The molecule has 6 unspecified atom stereocenters. The predicted molar refractivity (Wildman–Crippen MR) is 284 cm³/mol. The maximum atomic E-state index is 13.1. The van der Waals surface area contributed by atoms with Gasteiger partial charge in [0.15, 0.2) is 24.6 Å². The van der Waals surface area contributed by atoms with Crippen molar-refractivity contribution in [2.24, 2.45) is 0 Å². The van der Waals surface area contributed by atoms with Crippen molar-refractivity contribution in [3.63, 3.8) is 0 Å². The maximum absolute atomic E-state index is 13.1. The van der Waals surface area contributed by atoms with Gasteiger partial charge in [-0.15, -0.1) is 0 Å². The molecule has 6 atom stereocenters. The second kappa shape index (κ2) is 46.7. The third-order valence-corrected chi connectivity index (χ3v) is 11.7. The van der Waals surface area contributed by atoms with Crippen molar-refractivity contribution in [3.8, 4) is 0 Å². The minimum absolute atomic E-state index is 0.0496. The number of carboxylic acids is 1. The van der Waals surface area contributed by atoms with Crippen molar-refractivity contribution in [2.45, 2.75) is 237 Å². The monoisotopic (exact) mass is 995 g/mol. The van der Waals surface area contributed by atoms with E-state index in [0.29, 0.717) is 25.7 Å². The number of carboxylic acid groups (broad SMARTS) is 1. The number of ether oxygens (including phenoxy) is 5. The number of aliphatic carboxylic acids is 1. The number of unbranched alkanes of at least 4 members (excludes halogenated alkanes) is 14. The van der Waals surface area contributed by atoms with Crippen LogP contribution in [0.3, 0.4) is 0 Å². The molecule has 71 heavy (non-hydrogen) atoms. The largest absolute Gasteiger partial charge is 0.479 e. The summed E-state index contributed by atoms with van der Waals surface area (Å²) in [6.07, 6.45) is 48.4. The van der Waals surface area contributed by atoms with E-state index in [2.05, 4.69) is 112 Å². The van der Waals surface area contributed by atoms with Crippen molar-refractivity contribution in [1.29, 1.82) is 0 Å². The quantitative estimate of drug-likeness (QED) is 0.0228. The van der Waals surface area contributed by atoms with Gasteiger partial charge in [-0.05, 0) is 89.9 Å². The van der Waals surface area contributed by atoms with E-state index >= 15 is 0 Å². The second-order valence-corrected chi connectivity index (χ2v) is 18.1. The van der Waals surface area contributed by atoms with Crippen molar-refractivity contribution in [3.05, 3.63) is 97.2 Å². The summed E-state index contributed by atoms with van der Waals surface area (Å²) in [4.78, 5) is 50.9. The Kier molecular flexibility index (Phi) is 42.5. The van der Waals surface area contributed by atoms with Gasteiger partial charge in [0, 0.05) is 19.3 Å². The Morgan fingerprint density at radius 3 is 1.39 bits per heavy atom. The smallest absolute Gasteiger partial charge is 0.335 e. The van der Waals surface area contributed by atoms with Gasteiger partial charge in [-0.1, -0.05) is 189 Å². The van der Waals surface area contributed by atoms with Gasteiger partial charge in [0.2, 0.25) is 0 Å². The molecule has 12 nitrogen and oxygen atoms in total. The van der Waals surface area contributed by atoms with E-state index in [1.54, 1.807) is 0 Å². The van der Waals surface area contributed by atoms with Crippen LogP contribution in [-0.2, 0) is 42.9 Å². The summed E-state index contributed by atoms with van der Waals surface area (Å²) in [6, 6.07) is 0. The lowest BCUT2D eigenvalue weighted by Gasteiger charge is -2.40. The molecule has 0 spiro atoms. The number of rotatable bonds is 44. The third kappa shape index (κ3) is 37.1. The Bertz CT molecular complexity index is 1610. The number of hydrogen-bond acceptors (Lipinski definition) is 11. The van der Waals surface area contributed by atoms with Gasteiger partial charge < -0.3 is 39.0 Å². The molecule has 1 aliphatic heterocycles. The molecule has 3 N–H and O–H groups in total. The van der Waals surface area contributed by atoms with E-state index in [1.165, 1.54) is 25.7 Å². The number of aliphatic hydroxyl groups is 2. The first-order valence-corrected chi connectivity index (χ1v) is 27.2. The number of aliphatic hydroxyl groups excluding tert-OH is 2. The zero-order chi connectivity index (χ0) is 51.8. The summed E-state index contributed by atoms with van der Waals surface area (Å²) in [5.41, 5.74) is 0. The Morgan fingerprint density at radius 1 is 0.479 bits per heavy atom. The van der Waals surface area contributed by atoms with Crippen LogP contribution < -0.4 is 0 Å². The molecular formula is C59H94O12. The first-order valence-electron chi connectivity index (χ1n) is 27.2. The van der Waals surface area contributed by atoms with Crippen LogP contribution in [0, 0.1) is 0 Å². The Labute approximate surface area is 428 Å². The van der Waals surface area contributed by atoms with E-state index < -0.39 is 67.3 Å². The van der Waals surface area contributed by atoms with E-state index in [4.69, 9.17) is 23.7 Å². The zero-order valence-corrected chi connectivity index (χ0v) is 43.9. The molecule has 1 saturated heterocycles. The molecule has 0 aromatic heterocycles. The lowest BCUT2D eigenvalue weighted by atomic mass is 9.98. The fraction of sp³-hybridized carbons (Fsp3) is 0.661. The number of carbonyl (C=O) groups excluding carboxylic acids is 3. The van der Waals surface area contributed by atoms with Crippen molar-refractivity contribution >= 4 is 23.9 Å². The molecule has 1 rings (SSSR count). The van der Waals surface area contributed by atoms with E-state index in [-0.39, 0.29) is 25.9 Å². The molecule has 0 amide bonds. The summed E-state index contributed by atoms with van der Waals surface area (Å²) in [5, 5.41) is 31.3. The minimum atomic E-state index is -1.91. The van der Waals surface area contributed by atoms with Gasteiger partial charge in [0.1, 0.15) is 18.8 Å². The lowest BCUT2D eigenvalue weighted by Crippen LogP contribution is -2.61. The SMILES string of the molecule is CC/C=C\C/C=C\C/C=C\C/C=C\C/C=C\CCCC(=O)OCC(COC1OC(C(=O)O)C(O)C(O)C1OC(=O)CCCCCCCCCCC)OC(=O)CCCCCCC/C=C\C/C=C\C/C=C\CC. The van der Waals surface area contributed by atoms with Crippen molar-refractivity contribution in [1.82, 2.24) is 0 Å². The molecule has 1 aliphatic rings. The van der Waals surface area contributed by atoms with Gasteiger partial charge >= 0.3 is 23.9 Å². The Balaban J connectivity index is 2.76. The van der Waals surface area contributed by atoms with E-state index in [1.807, 2.05) is 6.08 Å². The number of hydrogen-bond donors (Lipinski definition) is 3. The average Bonchev–Trinajstić information content (AvgIpc) is 3.35. The minimum Gasteiger partial charge on any atom is -0.479 e. The highest BCUT2D eigenvalue weighted by Gasteiger charge is 2.50. The molecular weight excluding hydrogens is 901 g/mol. The number of carbonyl (C=O) groups is 4. The predicted octanol–water partition coefficient (Wildman–Crippen LogP) is 13.3. The summed E-state index contributed by atoms with van der Waals surface area (Å²) in [7, 11) is 0. The molecule has 1 fully saturated rings. The second-order valence-electron chi connectivity index (χ2n) is 18.1. The van der Waals surface area contributed by atoms with E-state index in [0.717, 1.165) is 109 Å². The van der Waals surface area contributed by atoms with Gasteiger partial charge in [-0.25, -0.2) is 4.79 Å². The van der Waals surface area contributed by atoms with Crippen molar-refractivity contribution in [2.75, 3.05) is 13.2 Å². The van der Waals surface area contributed by atoms with Crippen LogP contribution in [0.25, 0.3) is 0 Å². The topological polar surface area (TPSA) is 175 Å². The molecule has 1 heterocycles. The normalized spacial score (nSPS) is 19.3. The Hall–Kier alpha value is -4.36. The van der Waals surface area contributed by atoms with Crippen LogP contribution in [-0.4, -0.2) is 89.2 Å². The molecule has 0 aromatic rings. The van der Waals surface area contributed by atoms with Gasteiger partial charge in [0.05, 0.1) is 6.61 Å². The zero-order valence-electron chi connectivity index (χ0n) is 43.9. The Morgan fingerprint density at radius 2 is 0.901 bits per heavy atom. The van der Waals surface area contributed by atoms with Crippen LogP contribution in [0.2, 0.25) is 0 Å². The summed E-state index contributed by atoms with van der Waals surface area (Å²) in [5.74, 6) is -3.23. The first kappa shape index (κ1) is 64.7. The summed E-state index contributed by atoms with van der Waals surface area (Å²) in [6.45, 7) is 5.64. The molecule has 0 saturated carbocycles. The fourth-order valence-electron chi connectivity index (χ4n) is 7.53. The molecule has 0 aliphatic carbocycles. The van der Waals surface area contributed by atoms with Gasteiger partial charge in [-0.3, -0.25) is 14.4 Å². The summed E-state index contributed by atoms with van der Waals surface area (Å²) >= 11 is 0. The highest BCUT2D eigenvalue weighted by atomic mass is 16.7. The molecule has 0 bridgehead atoms. The molecule has 0 aromatic carbocycles.